The number of aromatic nitrogens is 2. The summed E-state index contributed by atoms with van der Waals surface area (Å²) in [5, 5.41) is 10.5. The van der Waals surface area contributed by atoms with Crippen LogP contribution in [0.5, 0.6) is 0 Å². The number of allylic oxidation sites excluding steroid dienone is 4. The fourth-order valence-electron chi connectivity index (χ4n) is 8.37. The molecule has 29 heteroatoms. The first-order chi connectivity index (χ1) is 31.8. The maximum atomic E-state index is 12.8. The molecule has 2 unspecified atom stereocenters. The lowest BCUT2D eigenvalue weighted by molar-refractivity contribution is -0.438. The zero-order valence-corrected chi connectivity index (χ0v) is 41.8. The molecule has 1 fully saturated rings. The normalized spacial score (nSPS) is 22.3. The zero-order valence-electron chi connectivity index (χ0n) is 37.5. The van der Waals surface area contributed by atoms with E-state index >= 15 is 0 Å². The van der Waals surface area contributed by atoms with Crippen molar-refractivity contribution in [1.82, 2.24) is 9.55 Å². The summed E-state index contributed by atoms with van der Waals surface area (Å²) in [7, 11) is -25.9. The molecule has 0 saturated carbocycles. The third kappa shape index (κ3) is 12.3. The quantitative estimate of drug-likeness (QED) is 0.0309. The molecule has 0 aliphatic carbocycles. The van der Waals surface area contributed by atoms with Crippen LogP contribution in [0.2, 0.25) is 0 Å². The van der Waals surface area contributed by atoms with E-state index in [9.17, 15) is 59.3 Å². The summed E-state index contributed by atoms with van der Waals surface area (Å²) in [6.07, 6.45) is 4.10. The van der Waals surface area contributed by atoms with E-state index in [2.05, 4.69) is 39.4 Å². The van der Waals surface area contributed by atoms with E-state index in [1.807, 2.05) is 52.8 Å². The van der Waals surface area contributed by atoms with Gasteiger partial charge in [0.25, 0.3) is 20.2 Å². The van der Waals surface area contributed by atoms with Crippen LogP contribution in [0.1, 0.15) is 83.2 Å². The molecule has 0 bridgehead atoms. The number of fused-ring (bicyclic) bond motifs is 2. The van der Waals surface area contributed by atoms with Crippen LogP contribution in [-0.2, 0) is 62.6 Å². The first-order valence-electron chi connectivity index (χ1n) is 20.8. The van der Waals surface area contributed by atoms with Crippen molar-refractivity contribution in [1.29, 1.82) is 0 Å². The number of nitrogen functional groups attached to an aromatic ring is 1. The molecule has 1 saturated heterocycles. The highest BCUT2D eigenvalue weighted by Crippen LogP contribution is 2.66. The van der Waals surface area contributed by atoms with Gasteiger partial charge >= 0.3 is 29.2 Å². The Bertz CT molecular complexity index is 3160. The number of nitrogens with two attached hydrogens (primary N) is 1. The van der Waals surface area contributed by atoms with Gasteiger partial charge in [0, 0.05) is 66.5 Å². The summed E-state index contributed by atoms with van der Waals surface area (Å²) in [5.41, 5.74) is 8.42. The first kappa shape index (κ1) is 54.1. The van der Waals surface area contributed by atoms with Crippen LogP contribution in [0.25, 0.3) is 0 Å². The monoisotopic (exact) mass is 1060 g/mol. The van der Waals surface area contributed by atoms with Gasteiger partial charge in [0.2, 0.25) is 5.69 Å². The molecule has 2 aromatic carbocycles. The molecule has 6 rings (SSSR count). The maximum Gasteiger partial charge on any atom is 0.490 e. The second-order valence-electron chi connectivity index (χ2n) is 17.1. The van der Waals surface area contributed by atoms with Crippen molar-refractivity contribution in [2.24, 2.45) is 0 Å². The number of benzene rings is 2. The summed E-state index contributed by atoms with van der Waals surface area (Å²) < 4.78 is 123. The Morgan fingerprint density at radius 2 is 1.58 bits per heavy atom. The lowest BCUT2D eigenvalue weighted by Gasteiger charge is -2.25. The molecule has 0 spiro atoms. The Morgan fingerprint density at radius 1 is 0.942 bits per heavy atom. The van der Waals surface area contributed by atoms with Gasteiger partial charge in [-0.15, -0.1) is 0 Å². The highest BCUT2D eigenvalue weighted by Gasteiger charge is 2.46. The average Bonchev–Trinajstić information content (AvgIpc) is 3.76. The Morgan fingerprint density at radius 3 is 2.20 bits per heavy atom. The van der Waals surface area contributed by atoms with Gasteiger partial charge in [-0.2, -0.15) is 35.0 Å². The highest BCUT2D eigenvalue weighted by molar-refractivity contribution is 7.86. The molecule has 3 aromatic rings. The number of aliphatic hydroxyl groups excluding tert-OH is 1. The molecule has 3 aliphatic rings. The Hall–Kier alpha value is -4.22. The highest BCUT2D eigenvalue weighted by atomic mass is 32.2. The van der Waals surface area contributed by atoms with Crippen LogP contribution in [0.15, 0.2) is 81.1 Å². The van der Waals surface area contributed by atoms with Crippen molar-refractivity contribution >= 4 is 66.6 Å². The van der Waals surface area contributed by atoms with E-state index in [1.54, 1.807) is 12.1 Å². The van der Waals surface area contributed by atoms with Gasteiger partial charge in [-0.3, -0.25) is 18.2 Å². The van der Waals surface area contributed by atoms with Crippen molar-refractivity contribution < 1.29 is 86.8 Å². The Kier molecular flexibility index (Phi) is 15.5. The number of phosphoric ester groups is 1. The fraction of sp³-hybridized carbons (Fsp3) is 0.425. The molecule has 0 radical (unpaired) electrons. The van der Waals surface area contributed by atoms with Crippen molar-refractivity contribution in [2.75, 3.05) is 30.3 Å². The lowest BCUT2D eigenvalue weighted by atomic mass is 9.81. The smallest absolute Gasteiger partial charge is 0.390 e. The summed E-state index contributed by atoms with van der Waals surface area (Å²) in [6, 6.07) is 8.92. The minimum Gasteiger partial charge on any atom is -0.390 e. The van der Waals surface area contributed by atoms with E-state index in [0.717, 1.165) is 32.9 Å². The third-order valence-corrected chi connectivity index (χ3v) is 17.1. The third-order valence-electron chi connectivity index (χ3n) is 11.6. The van der Waals surface area contributed by atoms with Crippen molar-refractivity contribution in [3.05, 3.63) is 93.7 Å². The van der Waals surface area contributed by atoms with Crippen molar-refractivity contribution in [3.63, 3.8) is 0 Å². The molecule has 24 nitrogen and oxygen atoms in total. The van der Waals surface area contributed by atoms with Gasteiger partial charge in [0.05, 0.1) is 33.5 Å². The summed E-state index contributed by atoms with van der Waals surface area (Å²) >= 11 is 0. The van der Waals surface area contributed by atoms with E-state index in [4.69, 9.17) is 20.3 Å². The molecular weight excluding hydrogens is 1010 g/mol. The molecule has 4 heterocycles. The molecule has 3 aliphatic heterocycles. The van der Waals surface area contributed by atoms with E-state index in [-0.39, 0.29) is 27.6 Å². The van der Waals surface area contributed by atoms with E-state index in [0.29, 0.717) is 37.9 Å². The van der Waals surface area contributed by atoms with Crippen LogP contribution >= 0.6 is 23.5 Å². The molecule has 1 aromatic heterocycles. The predicted molar refractivity (Wildman–Crippen MR) is 247 cm³/mol. The number of aliphatic hydroxyl groups is 1. The van der Waals surface area contributed by atoms with Gasteiger partial charge in [-0.1, -0.05) is 31.8 Å². The minimum absolute atomic E-state index is 0.123. The Labute approximate surface area is 396 Å². The predicted octanol–water partition coefficient (Wildman–Crippen LogP) is 4.17. The fourth-order valence-corrected chi connectivity index (χ4v) is 12.4. The van der Waals surface area contributed by atoms with Gasteiger partial charge in [-0.25, -0.2) is 18.5 Å². The van der Waals surface area contributed by atoms with Crippen LogP contribution < -0.4 is 16.3 Å². The van der Waals surface area contributed by atoms with Crippen LogP contribution in [0.3, 0.4) is 0 Å². The molecule has 5 atom stereocenters. The Balaban J connectivity index is 1.17. The van der Waals surface area contributed by atoms with E-state index < -0.39 is 85.3 Å². The largest absolute Gasteiger partial charge is 0.490 e. The summed E-state index contributed by atoms with van der Waals surface area (Å²) in [4.78, 5) is 54.8. The average molecular weight is 1060 g/mol. The standard InChI is InChI=1S/C40H50N5O19P3S2/c1-6-43-30-17-15-26(68(55,56)57)20-28(30)39(2,3)34(43)13-11-14-35-40(4,5)29-21-27(69(58,59)60)16-18-31(29)44(35)19-10-8-7-9-12-25-23-45(38(47)42-37(25)41)36-22-32(46)33(62-36)24-61-66(51,52)64-67(53,54)63-65(48,49)50/h11,13-18,20-21,23,32-33,36,46H,6-8,10,19,22,24H2,1-5H3,(H7-,41,42,47,48,49,50,51,52,53,54,55,56,57,58,59,60)/p+1/t32-,33-,36-/m1/s1. The lowest BCUT2D eigenvalue weighted by Crippen LogP contribution is -2.29. The minimum atomic E-state index is -5.79. The molecule has 376 valence electrons. The summed E-state index contributed by atoms with van der Waals surface area (Å²) in [6.45, 7) is 9.80. The molecule has 69 heavy (non-hydrogen) atoms. The number of nitrogens with zero attached hydrogens (tertiary/aromatic N) is 4. The van der Waals surface area contributed by atoms with Crippen LogP contribution in [0, 0.1) is 11.8 Å². The second-order valence-corrected chi connectivity index (χ2v) is 24.3. The number of phosphoric acid groups is 3. The number of hydrogen-bond donors (Lipinski definition) is 8. The van der Waals surface area contributed by atoms with Crippen LogP contribution in [-0.4, -0.2) is 102 Å². The zero-order chi connectivity index (χ0) is 51.3. The topological polar surface area (TPSA) is 365 Å². The number of unbranched alkanes of at least 4 members (excludes halogenated alkanes) is 2. The second kappa shape index (κ2) is 19.8. The van der Waals surface area contributed by atoms with Gasteiger partial charge in [0.15, 0.2) is 5.71 Å². The molecular formula is C40H51N5O19P3S2+. The van der Waals surface area contributed by atoms with Crippen molar-refractivity contribution in [3.8, 4) is 11.8 Å². The van der Waals surface area contributed by atoms with Crippen LogP contribution in [0.4, 0.5) is 17.2 Å². The number of hydrogen-bond acceptors (Lipinski definition) is 16. The van der Waals surface area contributed by atoms with Gasteiger partial charge < -0.3 is 40.1 Å². The number of likely N-dealkylation sites (N-methyl/N-ethyl adjacent to an activating group) is 1. The molecule has 9 N–H and O–H groups in total. The van der Waals surface area contributed by atoms with E-state index in [1.165, 1.54) is 30.5 Å². The summed E-state index contributed by atoms with van der Waals surface area (Å²) in [5.74, 6) is 5.67. The van der Waals surface area contributed by atoms with Gasteiger partial charge in [-0.05, 0) is 69.2 Å². The van der Waals surface area contributed by atoms with Crippen molar-refractivity contribution in [2.45, 2.75) is 99.4 Å². The first-order valence-corrected chi connectivity index (χ1v) is 28.2. The number of anilines is 2. The van der Waals surface area contributed by atoms with Gasteiger partial charge in [0.1, 0.15) is 24.7 Å². The SMILES string of the molecule is CCN1/C(=C/C=C/C2=[N+](CCCCC#Cc3cn([C@H]4C[C@@H](O)[C@@H](COP(=O)(O)OP(=O)(O)OP(=O)(O)O)O4)c(=O)nc3N)c3ccc(S(=O)(=O)O)cc3C2(C)C)C(C)(C)c2cc(S(=O)(=O)O)ccc21. The molecule has 0 amide bonds. The maximum absolute atomic E-state index is 12.8. The number of rotatable bonds is 17. The number of ether oxygens (including phenoxy) is 1.